The fraction of sp³-hybridized carbons (Fsp3) is 0.462. The first-order chi connectivity index (χ1) is 7.77. The number of carbonyl (C=O) groups is 1. The molecule has 1 aromatic rings. The monoisotopic (exact) mass is 239 g/mol. The van der Waals surface area contributed by atoms with Gasteiger partial charge in [0.05, 0.1) is 12.8 Å². The number of ether oxygens (including phenoxy) is 1. The van der Waals surface area contributed by atoms with Crippen LogP contribution >= 0.6 is 0 Å². The zero-order valence-corrected chi connectivity index (χ0v) is 10.8. The minimum atomic E-state index is -0.674. The smallest absolute Gasteiger partial charge is 0.411 e. The van der Waals surface area contributed by atoms with Gasteiger partial charge in [-0.3, -0.25) is 5.32 Å². The van der Waals surface area contributed by atoms with Crippen molar-refractivity contribution >= 4 is 11.8 Å². The number of carbonyl (C=O) groups excluding carboxylic acids is 1. The summed E-state index contributed by atoms with van der Waals surface area (Å²) in [5.74, 6) is -0.414. The molecular weight excluding hydrogens is 221 g/mol. The van der Waals surface area contributed by atoms with Gasteiger partial charge in [-0.05, 0) is 29.5 Å². The summed E-state index contributed by atoms with van der Waals surface area (Å²) in [7, 11) is 1.24. The van der Waals surface area contributed by atoms with Crippen molar-refractivity contribution < 1.29 is 13.9 Å². The van der Waals surface area contributed by atoms with Gasteiger partial charge in [0.15, 0.2) is 0 Å². The fourth-order valence-electron chi connectivity index (χ4n) is 1.76. The Labute approximate surface area is 101 Å². The van der Waals surface area contributed by atoms with Gasteiger partial charge >= 0.3 is 6.09 Å². The zero-order chi connectivity index (χ0) is 13.2. The van der Waals surface area contributed by atoms with Crippen LogP contribution in [-0.4, -0.2) is 13.2 Å². The van der Waals surface area contributed by atoms with Crippen molar-refractivity contribution in [2.45, 2.75) is 33.1 Å². The van der Waals surface area contributed by atoms with Gasteiger partial charge in [0.2, 0.25) is 0 Å². The summed E-state index contributed by atoms with van der Waals surface area (Å²) < 4.78 is 18.4. The average molecular weight is 239 g/mol. The second-order valence-corrected chi connectivity index (χ2v) is 4.97. The van der Waals surface area contributed by atoms with Gasteiger partial charge in [0.25, 0.3) is 0 Å². The van der Waals surface area contributed by atoms with E-state index in [0.29, 0.717) is 5.56 Å². The van der Waals surface area contributed by atoms with Gasteiger partial charge in [-0.15, -0.1) is 0 Å². The van der Waals surface area contributed by atoms with Crippen LogP contribution < -0.4 is 5.32 Å². The number of hydrogen-bond acceptors (Lipinski definition) is 2. The van der Waals surface area contributed by atoms with Crippen molar-refractivity contribution in [3.05, 3.63) is 29.1 Å². The number of halogens is 1. The Kier molecular flexibility index (Phi) is 3.76. The third kappa shape index (κ3) is 2.96. The predicted octanol–water partition coefficient (Wildman–Crippen LogP) is 3.61. The van der Waals surface area contributed by atoms with Crippen molar-refractivity contribution in [2.24, 2.45) is 0 Å². The van der Waals surface area contributed by atoms with Crippen LogP contribution in [-0.2, 0) is 10.2 Å². The van der Waals surface area contributed by atoms with Gasteiger partial charge in [-0.25, -0.2) is 9.18 Å². The average Bonchev–Trinajstić information content (AvgIpc) is 2.22. The quantitative estimate of drug-likeness (QED) is 0.813. The first-order valence-corrected chi connectivity index (χ1v) is 5.42. The van der Waals surface area contributed by atoms with E-state index in [1.165, 1.54) is 7.11 Å². The Balaban J connectivity index is 3.15. The Morgan fingerprint density at radius 3 is 2.41 bits per heavy atom. The van der Waals surface area contributed by atoms with E-state index >= 15 is 0 Å². The lowest BCUT2D eigenvalue weighted by Crippen LogP contribution is -2.17. The highest BCUT2D eigenvalue weighted by Gasteiger charge is 2.20. The lowest BCUT2D eigenvalue weighted by atomic mass is 9.84. The van der Waals surface area contributed by atoms with Gasteiger partial charge in [0.1, 0.15) is 5.82 Å². The summed E-state index contributed by atoms with van der Waals surface area (Å²) in [4.78, 5) is 11.0. The van der Waals surface area contributed by atoms with Crippen molar-refractivity contribution in [1.29, 1.82) is 0 Å². The maximum atomic E-state index is 14.0. The molecule has 0 aliphatic carbocycles. The molecular formula is C13H18FNO2. The van der Waals surface area contributed by atoms with E-state index in [2.05, 4.69) is 10.1 Å². The molecule has 0 saturated heterocycles. The van der Waals surface area contributed by atoms with Crippen molar-refractivity contribution in [3.8, 4) is 0 Å². The number of hydrogen-bond donors (Lipinski definition) is 1. The highest BCUT2D eigenvalue weighted by atomic mass is 19.1. The molecule has 0 aliphatic rings. The van der Waals surface area contributed by atoms with Crippen LogP contribution in [0.2, 0.25) is 0 Å². The van der Waals surface area contributed by atoms with E-state index in [-0.39, 0.29) is 11.1 Å². The first kappa shape index (κ1) is 13.5. The van der Waals surface area contributed by atoms with E-state index < -0.39 is 11.9 Å². The van der Waals surface area contributed by atoms with E-state index in [4.69, 9.17) is 0 Å². The largest absolute Gasteiger partial charge is 0.453 e. The maximum absolute atomic E-state index is 14.0. The second kappa shape index (κ2) is 4.73. The summed E-state index contributed by atoms with van der Waals surface area (Å²) in [6, 6.07) is 3.38. The fourth-order valence-corrected chi connectivity index (χ4v) is 1.76. The molecule has 0 fully saturated rings. The lowest BCUT2D eigenvalue weighted by Gasteiger charge is -2.22. The van der Waals surface area contributed by atoms with Crippen molar-refractivity contribution in [3.63, 3.8) is 0 Å². The number of amides is 1. The van der Waals surface area contributed by atoms with E-state index in [0.717, 1.165) is 5.56 Å². The number of benzene rings is 1. The van der Waals surface area contributed by atoms with Crippen LogP contribution in [0.25, 0.3) is 0 Å². The summed E-state index contributed by atoms with van der Waals surface area (Å²) in [5, 5.41) is 2.34. The number of nitrogens with one attached hydrogen (secondary N) is 1. The van der Waals surface area contributed by atoms with Gasteiger partial charge in [-0.1, -0.05) is 26.8 Å². The number of rotatable bonds is 1. The van der Waals surface area contributed by atoms with Crippen LogP contribution in [0.15, 0.2) is 12.1 Å². The SMILES string of the molecule is COC(=O)Nc1ccc(C(C)(C)C)c(C)c1F. The molecule has 1 amide bonds. The summed E-state index contributed by atoms with van der Waals surface area (Å²) in [5.41, 5.74) is 1.48. The molecule has 0 unspecified atom stereocenters. The molecule has 0 radical (unpaired) electrons. The Morgan fingerprint density at radius 2 is 1.94 bits per heavy atom. The molecule has 0 spiro atoms. The van der Waals surface area contributed by atoms with E-state index in [9.17, 15) is 9.18 Å². The minimum Gasteiger partial charge on any atom is -0.453 e. The van der Waals surface area contributed by atoms with Crippen LogP contribution in [0.4, 0.5) is 14.9 Å². The predicted molar refractivity (Wildman–Crippen MR) is 65.9 cm³/mol. The molecule has 4 heteroatoms. The molecule has 0 atom stereocenters. The van der Waals surface area contributed by atoms with E-state index in [1.807, 2.05) is 26.8 Å². The molecule has 0 aromatic heterocycles. The highest BCUT2D eigenvalue weighted by molar-refractivity contribution is 5.84. The third-order valence-corrected chi connectivity index (χ3v) is 2.62. The standard InChI is InChI=1S/C13H18FNO2/c1-8-9(13(2,3)4)6-7-10(11(8)14)15-12(16)17-5/h6-7H,1-5H3,(H,15,16). The Hall–Kier alpha value is -1.58. The summed E-state index contributed by atoms with van der Waals surface area (Å²) >= 11 is 0. The molecule has 17 heavy (non-hydrogen) atoms. The molecule has 0 saturated carbocycles. The molecule has 1 N–H and O–H groups in total. The van der Waals surface area contributed by atoms with Crippen LogP contribution in [0, 0.1) is 12.7 Å². The van der Waals surface area contributed by atoms with Gasteiger partial charge in [0, 0.05) is 0 Å². The summed E-state index contributed by atoms with van der Waals surface area (Å²) in [6.45, 7) is 7.75. The molecule has 1 rings (SSSR count). The Bertz CT molecular complexity index is 436. The normalized spacial score (nSPS) is 11.2. The minimum absolute atomic E-state index is 0.130. The molecule has 1 aromatic carbocycles. The third-order valence-electron chi connectivity index (χ3n) is 2.62. The molecule has 94 valence electrons. The summed E-state index contributed by atoms with van der Waals surface area (Å²) in [6.07, 6.45) is -0.674. The van der Waals surface area contributed by atoms with Crippen LogP contribution in [0.3, 0.4) is 0 Å². The first-order valence-electron chi connectivity index (χ1n) is 5.42. The molecule has 3 nitrogen and oxygen atoms in total. The van der Waals surface area contributed by atoms with E-state index in [1.54, 1.807) is 13.0 Å². The highest BCUT2D eigenvalue weighted by Crippen LogP contribution is 2.30. The van der Waals surface area contributed by atoms with Crippen molar-refractivity contribution in [2.75, 3.05) is 12.4 Å². The molecule has 0 bridgehead atoms. The maximum Gasteiger partial charge on any atom is 0.411 e. The number of methoxy groups -OCH3 is 1. The van der Waals surface area contributed by atoms with Crippen LogP contribution in [0.5, 0.6) is 0 Å². The van der Waals surface area contributed by atoms with Gasteiger partial charge in [-0.2, -0.15) is 0 Å². The van der Waals surface area contributed by atoms with Gasteiger partial charge < -0.3 is 4.74 Å². The Morgan fingerprint density at radius 1 is 1.35 bits per heavy atom. The zero-order valence-electron chi connectivity index (χ0n) is 10.8. The second-order valence-electron chi connectivity index (χ2n) is 4.97. The van der Waals surface area contributed by atoms with Crippen LogP contribution in [0.1, 0.15) is 31.9 Å². The van der Waals surface area contributed by atoms with Crippen molar-refractivity contribution in [1.82, 2.24) is 0 Å². The lowest BCUT2D eigenvalue weighted by molar-refractivity contribution is 0.187. The molecule has 0 aliphatic heterocycles. The topological polar surface area (TPSA) is 38.3 Å². The number of anilines is 1. The molecule has 0 heterocycles.